The average molecular weight is 250 g/mol. The molecule has 94 valence electrons. The van der Waals surface area contributed by atoms with Crippen LogP contribution in [0.4, 0.5) is 28.0 Å². The summed E-state index contributed by atoms with van der Waals surface area (Å²) in [5.74, 6) is -0.582. The number of carbonyl (C=O) groups is 1. The fourth-order valence-corrected chi connectivity index (χ4v) is 1.08. The van der Waals surface area contributed by atoms with Crippen LogP contribution in [0, 0.1) is 12.7 Å². The van der Waals surface area contributed by atoms with Gasteiger partial charge in [-0.2, -0.15) is 13.2 Å². The molecule has 0 heterocycles. The van der Waals surface area contributed by atoms with Crippen molar-refractivity contribution in [2.75, 3.05) is 11.9 Å². The molecule has 0 saturated carbocycles. The van der Waals surface area contributed by atoms with E-state index in [0.29, 0.717) is 5.56 Å². The molecule has 0 saturated heterocycles. The molecule has 0 aliphatic heterocycles. The number of aryl methyl sites for hydroxylation is 1. The molecule has 0 bridgehead atoms. The molecule has 0 fully saturated rings. The molecule has 7 heteroatoms. The molecule has 0 radical (unpaired) electrons. The zero-order valence-electron chi connectivity index (χ0n) is 8.86. The summed E-state index contributed by atoms with van der Waals surface area (Å²) in [6.45, 7) is 0.159. The highest BCUT2D eigenvalue weighted by Crippen LogP contribution is 2.16. The molecule has 3 nitrogen and oxygen atoms in total. The van der Waals surface area contributed by atoms with Gasteiger partial charge in [0, 0.05) is 5.69 Å². The highest BCUT2D eigenvalue weighted by Gasteiger charge is 2.27. The monoisotopic (exact) mass is 250 g/mol. The second-order valence-electron chi connectivity index (χ2n) is 3.38. The first-order chi connectivity index (χ1) is 7.78. The average Bonchev–Trinajstić information content (AvgIpc) is 2.20. The predicted molar refractivity (Wildman–Crippen MR) is 54.2 cm³/mol. The van der Waals surface area contributed by atoms with Gasteiger partial charge in [0.25, 0.3) is 0 Å². The van der Waals surface area contributed by atoms with E-state index < -0.39 is 24.6 Å². The van der Waals surface area contributed by atoms with Crippen LogP contribution in [0.15, 0.2) is 18.2 Å². The molecule has 17 heavy (non-hydrogen) atoms. The highest BCUT2D eigenvalue weighted by molar-refractivity contribution is 5.90. The van der Waals surface area contributed by atoms with E-state index in [1.54, 1.807) is 12.2 Å². The number of rotatable bonds is 2. The molecule has 0 atom stereocenters. The summed E-state index contributed by atoms with van der Waals surface area (Å²) in [5.41, 5.74) is 0.679. The van der Waals surface area contributed by atoms with E-state index in [9.17, 15) is 22.4 Å². The third-order valence-corrected chi connectivity index (χ3v) is 1.90. The van der Waals surface area contributed by atoms with Crippen LogP contribution in [0.25, 0.3) is 0 Å². The molecule has 2 amide bonds. The maximum Gasteiger partial charge on any atom is 0.405 e. The van der Waals surface area contributed by atoms with Crippen molar-refractivity contribution in [2.24, 2.45) is 0 Å². The summed E-state index contributed by atoms with van der Waals surface area (Å²) in [5, 5.41) is 3.75. The first kappa shape index (κ1) is 13.3. The van der Waals surface area contributed by atoms with Crippen molar-refractivity contribution in [3.8, 4) is 0 Å². The van der Waals surface area contributed by atoms with Gasteiger partial charge in [0.05, 0.1) is 0 Å². The summed E-state index contributed by atoms with van der Waals surface area (Å²) in [6, 6.07) is 2.60. The molecular formula is C10H10F4N2O. The lowest BCUT2D eigenvalue weighted by Gasteiger charge is -2.11. The van der Waals surface area contributed by atoms with Crippen LogP contribution in [0.5, 0.6) is 0 Å². The first-order valence-corrected chi connectivity index (χ1v) is 4.66. The number of benzene rings is 1. The van der Waals surface area contributed by atoms with Gasteiger partial charge in [-0.1, -0.05) is 6.07 Å². The molecule has 2 N–H and O–H groups in total. The topological polar surface area (TPSA) is 41.1 Å². The van der Waals surface area contributed by atoms with E-state index in [0.717, 1.165) is 6.07 Å². The minimum Gasteiger partial charge on any atom is -0.329 e. The van der Waals surface area contributed by atoms with Gasteiger partial charge in [-0.15, -0.1) is 0 Å². The SMILES string of the molecule is Cc1ccc(F)cc1NC(=O)NCC(F)(F)F. The summed E-state index contributed by atoms with van der Waals surface area (Å²) >= 11 is 0. The number of hydrogen-bond acceptors (Lipinski definition) is 1. The van der Waals surface area contributed by atoms with E-state index in [4.69, 9.17) is 0 Å². The summed E-state index contributed by atoms with van der Waals surface area (Å²) < 4.78 is 48.2. The number of hydrogen-bond donors (Lipinski definition) is 2. The van der Waals surface area contributed by atoms with Crippen LogP contribution >= 0.6 is 0 Å². The fourth-order valence-electron chi connectivity index (χ4n) is 1.08. The van der Waals surface area contributed by atoms with Crippen molar-refractivity contribution in [3.05, 3.63) is 29.6 Å². The standard InChI is InChI=1S/C10H10F4N2O/c1-6-2-3-7(11)4-8(6)16-9(17)15-5-10(12,13)14/h2-4H,5H2,1H3,(H2,15,16,17). The Balaban J connectivity index is 2.59. The summed E-state index contributed by atoms with van der Waals surface area (Å²) in [7, 11) is 0. The lowest BCUT2D eigenvalue weighted by Crippen LogP contribution is -2.36. The molecule has 1 aromatic rings. The number of carbonyl (C=O) groups excluding carboxylic acids is 1. The van der Waals surface area contributed by atoms with Gasteiger partial charge in [-0.3, -0.25) is 0 Å². The molecule has 0 aromatic heterocycles. The molecule has 0 aliphatic rings. The van der Waals surface area contributed by atoms with Gasteiger partial charge in [-0.05, 0) is 24.6 Å². The second kappa shape index (κ2) is 5.03. The van der Waals surface area contributed by atoms with E-state index in [1.165, 1.54) is 12.1 Å². The van der Waals surface area contributed by atoms with Gasteiger partial charge >= 0.3 is 12.2 Å². The Labute approximate surface area is 94.8 Å². The number of alkyl halides is 3. The van der Waals surface area contributed by atoms with Crippen LogP contribution in [0.1, 0.15) is 5.56 Å². The van der Waals surface area contributed by atoms with E-state index in [1.807, 2.05) is 0 Å². The Morgan fingerprint density at radius 2 is 2.00 bits per heavy atom. The van der Waals surface area contributed by atoms with E-state index >= 15 is 0 Å². The maximum atomic E-state index is 12.8. The number of amides is 2. The van der Waals surface area contributed by atoms with Crippen molar-refractivity contribution in [2.45, 2.75) is 13.1 Å². The van der Waals surface area contributed by atoms with Gasteiger partial charge < -0.3 is 10.6 Å². The molecule has 1 rings (SSSR count). The summed E-state index contributed by atoms with van der Waals surface area (Å²) in [6.07, 6.45) is -4.48. The van der Waals surface area contributed by atoms with Crippen molar-refractivity contribution in [1.82, 2.24) is 5.32 Å². The predicted octanol–water partition coefficient (Wildman–Crippen LogP) is 2.82. The lowest BCUT2D eigenvalue weighted by molar-refractivity contribution is -0.122. The maximum absolute atomic E-state index is 12.8. The zero-order valence-corrected chi connectivity index (χ0v) is 8.86. The minimum atomic E-state index is -4.48. The van der Waals surface area contributed by atoms with Gasteiger partial charge in [0.1, 0.15) is 12.4 Å². The Kier molecular flexibility index (Phi) is 3.93. The molecule has 0 aliphatic carbocycles. The van der Waals surface area contributed by atoms with Crippen molar-refractivity contribution < 1.29 is 22.4 Å². The number of anilines is 1. The Hall–Kier alpha value is -1.79. The highest BCUT2D eigenvalue weighted by atomic mass is 19.4. The second-order valence-corrected chi connectivity index (χ2v) is 3.38. The Bertz CT molecular complexity index is 417. The van der Waals surface area contributed by atoms with Crippen molar-refractivity contribution >= 4 is 11.7 Å². The van der Waals surface area contributed by atoms with E-state index in [-0.39, 0.29) is 5.69 Å². The Morgan fingerprint density at radius 1 is 1.35 bits per heavy atom. The van der Waals surface area contributed by atoms with Crippen LogP contribution in [-0.2, 0) is 0 Å². The first-order valence-electron chi connectivity index (χ1n) is 4.66. The zero-order chi connectivity index (χ0) is 13.1. The van der Waals surface area contributed by atoms with Gasteiger partial charge in [0.2, 0.25) is 0 Å². The Morgan fingerprint density at radius 3 is 2.59 bits per heavy atom. The molecule has 0 unspecified atom stereocenters. The van der Waals surface area contributed by atoms with Crippen LogP contribution in [0.3, 0.4) is 0 Å². The fraction of sp³-hybridized carbons (Fsp3) is 0.300. The van der Waals surface area contributed by atoms with Crippen LogP contribution in [-0.4, -0.2) is 18.8 Å². The van der Waals surface area contributed by atoms with Gasteiger partial charge in [0.15, 0.2) is 0 Å². The number of nitrogens with one attached hydrogen (secondary N) is 2. The smallest absolute Gasteiger partial charge is 0.329 e. The molecule has 0 spiro atoms. The van der Waals surface area contributed by atoms with Crippen molar-refractivity contribution in [1.29, 1.82) is 0 Å². The van der Waals surface area contributed by atoms with Crippen LogP contribution in [0.2, 0.25) is 0 Å². The number of halogens is 4. The van der Waals surface area contributed by atoms with Crippen LogP contribution < -0.4 is 10.6 Å². The molecular weight excluding hydrogens is 240 g/mol. The minimum absolute atomic E-state index is 0.129. The van der Waals surface area contributed by atoms with Gasteiger partial charge in [-0.25, -0.2) is 9.18 Å². The normalized spacial score (nSPS) is 11.1. The third kappa shape index (κ3) is 4.71. The molecule has 1 aromatic carbocycles. The third-order valence-electron chi connectivity index (χ3n) is 1.90. The largest absolute Gasteiger partial charge is 0.405 e. The number of urea groups is 1. The van der Waals surface area contributed by atoms with E-state index in [2.05, 4.69) is 5.32 Å². The lowest BCUT2D eigenvalue weighted by atomic mass is 10.2. The van der Waals surface area contributed by atoms with Crippen molar-refractivity contribution in [3.63, 3.8) is 0 Å². The summed E-state index contributed by atoms with van der Waals surface area (Å²) in [4.78, 5) is 11.1. The quantitative estimate of drug-likeness (QED) is 0.778.